The molecule has 0 saturated carbocycles. The van der Waals surface area contributed by atoms with Crippen molar-refractivity contribution in [1.29, 1.82) is 0 Å². The zero-order chi connectivity index (χ0) is 14.2. The normalized spacial score (nSPS) is 11.8. The van der Waals surface area contributed by atoms with Crippen LogP contribution >= 0.6 is 0 Å². The highest BCUT2D eigenvalue weighted by molar-refractivity contribution is 5.47. The Morgan fingerprint density at radius 1 is 1.26 bits per heavy atom. The molecule has 2 N–H and O–H groups in total. The molecular formula is C12H13F3N4. The SMILES string of the molecule is Cc1nc(C(F)(F)F)n(Cc2ccc(N)c(C)c2)n1. The first-order valence-corrected chi connectivity index (χ1v) is 5.61. The van der Waals surface area contributed by atoms with Gasteiger partial charge in [0.05, 0.1) is 6.54 Å². The number of anilines is 1. The number of hydrogen-bond acceptors (Lipinski definition) is 3. The summed E-state index contributed by atoms with van der Waals surface area (Å²) >= 11 is 0. The Bertz CT molecular complexity index is 602. The Kier molecular flexibility index (Phi) is 3.21. The van der Waals surface area contributed by atoms with Gasteiger partial charge in [-0.3, -0.25) is 0 Å². The van der Waals surface area contributed by atoms with Crippen LogP contribution < -0.4 is 5.73 Å². The van der Waals surface area contributed by atoms with Gasteiger partial charge in [0.1, 0.15) is 5.82 Å². The molecule has 0 aliphatic rings. The number of hydrogen-bond donors (Lipinski definition) is 1. The zero-order valence-corrected chi connectivity index (χ0v) is 10.5. The van der Waals surface area contributed by atoms with Crippen LogP contribution in [0.5, 0.6) is 0 Å². The van der Waals surface area contributed by atoms with Crippen LogP contribution in [0.15, 0.2) is 18.2 Å². The van der Waals surface area contributed by atoms with E-state index in [-0.39, 0.29) is 12.4 Å². The molecule has 1 aromatic carbocycles. The molecule has 0 aliphatic heterocycles. The molecule has 0 unspecified atom stereocenters. The number of aryl methyl sites for hydroxylation is 2. The van der Waals surface area contributed by atoms with E-state index < -0.39 is 12.0 Å². The molecule has 2 aromatic rings. The van der Waals surface area contributed by atoms with Crippen molar-refractivity contribution in [2.45, 2.75) is 26.6 Å². The summed E-state index contributed by atoms with van der Waals surface area (Å²) in [5, 5.41) is 3.78. The number of aromatic nitrogens is 3. The van der Waals surface area contributed by atoms with E-state index in [4.69, 9.17) is 5.73 Å². The Labute approximate surface area is 108 Å². The second-order valence-corrected chi connectivity index (χ2v) is 4.33. The summed E-state index contributed by atoms with van der Waals surface area (Å²) in [4.78, 5) is 3.42. The number of rotatable bonds is 2. The van der Waals surface area contributed by atoms with Crippen molar-refractivity contribution in [3.63, 3.8) is 0 Å². The van der Waals surface area contributed by atoms with Gasteiger partial charge in [-0.15, -0.1) is 0 Å². The summed E-state index contributed by atoms with van der Waals surface area (Å²) < 4.78 is 39.2. The summed E-state index contributed by atoms with van der Waals surface area (Å²) in [5.74, 6) is -0.890. The third-order valence-corrected chi connectivity index (χ3v) is 2.70. The van der Waals surface area contributed by atoms with Gasteiger partial charge in [-0.25, -0.2) is 9.67 Å². The molecular weight excluding hydrogens is 257 g/mol. The Hall–Kier alpha value is -2.05. The topological polar surface area (TPSA) is 56.7 Å². The fourth-order valence-electron chi connectivity index (χ4n) is 1.78. The number of nitrogens with two attached hydrogens (primary N) is 1. The first-order valence-electron chi connectivity index (χ1n) is 5.61. The maximum atomic E-state index is 12.8. The first kappa shape index (κ1) is 13.4. The minimum Gasteiger partial charge on any atom is -0.399 e. The predicted molar refractivity (Wildman–Crippen MR) is 64.5 cm³/mol. The Morgan fingerprint density at radius 3 is 2.53 bits per heavy atom. The van der Waals surface area contributed by atoms with Gasteiger partial charge < -0.3 is 5.73 Å². The third-order valence-electron chi connectivity index (χ3n) is 2.70. The molecule has 0 atom stereocenters. The number of nitrogen functional groups attached to an aromatic ring is 1. The summed E-state index contributed by atoms with van der Waals surface area (Å²) in [6, 6.07) is 5.09. The van der Waals surface area contributed by atoms with Crippen LogP contribution in [0.25, 0.3) is 0 Å². The highest BCUT2D eigenvalue weighted by Crippen LogP contribution is 2.28. The molecule has 2 rings (SSSR count). The van der Waals surface area contributed by atoms with Gasteiger partial charge in [0.2, 0.25) is 5.82 Å². The van der Waals surface area contributed by atoms with Gasteiger partial charge in [0.25, 0.3) is 0 Å². The highest BCUT2D eigenvalue weighted by Gasteiger charge is 2.37. The average molecular weight is 270 g/mol. The molecule has 19 heavy (non-hydrogen) atoms. The molecule has 0 spiro atoms. The largest absolute Gasteiger partial charge is 0.451 e. The first-order chi connectivity index (χ1) is 8.77. The van der Waals surface area contributed by atoms with Crippen LogP contribution in [0.1, 0.15) is 22.8 Å². The molecule has 102 valence electrons. The third kappa shape index (κ3) is 2.86. The summed E-state index contributed by atoms with van der Waals surface area (Å²) in [7, 11) is 0. The van der Waals surface area contributed by atoms with Crippen LogP contribution in [0, 0.1) is 13.8 Å². The minimum absolute atomic E-state index is 0.0107. The number of halogens is 3. The second kappa shape index (κ2) is 4.56. The average Bonchev–Trinajstić information content (AvgIpc) is 2.65. The van der Waals surface area contributed by atoms with E-state index >= 15 is 0 Å². The van der Waals surface area contributed by atoms with Crippen LogP contribution in [-0.4, -0.2) is 14.8 Å². The van der Waals surface area contributed by atoms with Crippen molar-refractivity contribution in [1.82, 2.24) is 14.8 Å². The Balaban J connectivity index is 2.35. The Morgan fingerprint density at radius 2 is 1.95 bits per heavy atom. The molecule has 7 heteroatoms. The molecule has 0 bridgehead atoms. The van der Waals surface area contributed by atoms with Crippen molar-refractivity contribution < 1.29 is 13.2 Å². The second-order valence-electron chi connectivity index (χ2n) is 4.33. The molecule has 1 heterocycles. The van der Waals surface area contributed by atoms with Gasteiger partial charge in [-0.2, -0.15) is 18.3 Å². The lowest BCUT2D eigenvalue weighted by Crippen LogP contribution is -2.16. The van der Waals surface area contributed by atoms with Crippen molar-refractivity contribution in [2.24, 2.45) is 0 Å². The minimum atomic E-state index is -4.51. The summed E-state index contributed by atoms with van der Waals surface area (Å²) in [5.41, 5.74) is 7.80. The van der Waals surface area contributed by atoms with Crippen LogP contribution in [0.2, 0.25) is 0 Å². The smallest absolute Gasteiger partial charge is 0.399 e. The standard InChI is InChI=1S/C12H13F3N4/c1-7-5-9(3-4-10(7)16)6-19-11(12(13,14)15)17-8(2)18-19/h3-5H,6,16H2,1-2H3. The zero-order valence-electron chi connectivity index (χ0n) is 10.5. The maximum Gasteiger partial charge on any atom is 0.451 e. The van der Waals surface area contributed by atoms with Crippen molar-refractivity contribution >= 4 is 5.69 Å². The van der Waals surface area contributed by atoms with E-state index in [0.717, 1.165) is 10.2 Å². The van der Waals surface area contributed by atoms with Gasteiger partial charge >= 0.3 is 6.18 Å². The van der Waals surface area contributed by atoms with Gasteiger partial charge in [0, 0.05) is 5.69 Å². The predicted octanol–water partition coefficient (Wildman–Crippen LogP) is 2.54. The number of nitrogens with zero attached hydrogens (tertiary/aromatic N) is 3. The fourth-order valence-corrected chi connectivity index (χ4v) is 1.78. The van der Waals surface area contributed by atoms with Crippen molar-refractivity contribution in [2.75, 3.05) is 5.73 Å². The fraction of sp³-hybridized carbons (Fsp3) is 0.333. The van der Waals surface area contributed by atoms with E-state index in [1.165, 1.54) is 6.92 Å². The van der Waals surface area contributed by atoms with Crippen LogP contribution in [0.3, 0.4) is 0 Å². The van der Waals surface area contributed by atoms with Gasteiger partial charge in [-0.05, 0) is 31.0 Å². The van der Waals surface area contributed by atoms with Crippen molar-refractivity contribution in [3.05, 3.63) is 41.0 Å². The lowest BCUT2D eigenvalue weighted by atomic mass is 10.1. The monoisotopic (exact) mass is 270 g/mol. The molecule has 0 aliphatic carbocycles. The van der Waals surface area contributed by atoms with E-state index in [2.05, 4.69) is 10.1 Å². The lowest BCUT2D eigenvalue weighted by Gasteiger charge is -2.09. The lowest BCUT2D eigenvalue weighted by molar-refractivity contribution is -0.147. The number of alkyl halides is 3. The molecule has 0 fully saturated rings. The van der Waals surface area contributed by atoms with Gasteiger partial charge in [0.15, 0.2) is 0 Å². The molecule has 0 saturated heterocycles. The van der Waals surface area contributed by atoms with Crippen molar-refractivity contribution in [3.8, 4) is 0 Å². The highest BCUT2D eigenvalue weighted by atomic mass is 19.4. The summed E-state index contributed by atoms with van der Waals surface area (Å²) in [6.07, 6.45) is -4.51. The maximum absolute atomic E-state index is 12.8. The van der Waals surface area contributed by atoms with Crippen LogP contribution in [-0.2, 0) is 12.7 Å². The quantitative estimate of drug-likeness (QED) is 0.853. The van der Waals surface area contributed by atoms with Crippen LogP contribution in [0.4, 0.5) is 18.9 Å². The van der Waals surface area contributed by atoms with Gasteiger partial charge in [-0.1, -0.05) is 12.1 Å². The van der Waals surface area contributed by atoms with E-state index in [1.807, 2.05) is 0 Å². The van der Waals surface area contributed by atoms with E-state index in [0.29, 0.717) is 11.3 Å². The van der Waals surface area contributed by atoms with E-state index in [9.17, 15) is 13.2 Å². The molecule has 4 nitrogen and oxygen atoms in total. The molecule has 1 aromatic heterocycles. The molecule has 0 radical (unpaired) electrons. The summed E-state index contributed by atoms with van der Waals surface area (Å²) in [6.45, 7) is 3.24. The molecule has 0 amide bonds. The van der Waals surface area contributed by atoms with E-state index in [1.54, 1.807) is 25.1 Å². The number of benzene rings is 1.